The second-order valence-electron chi connectivity index (χ2n) is 7.49. The smallest absolute Gasteiger partial charge is 0.274 e. The van der Waals surface area contributed by atoms with E-state index in [4.69, 9.17) is 8.83 Å². The lowest BCUT2D eigenvalue weighted by molar-refractivity contribution is -0.404. The highest BCUT2D eigenvalue weighted by atomic mass is 32.2. The van der Waals surface area contributed by atoms with Gasteiger partial charge in [0.05, 0.1) is 17.2 Å². The maximum absolute atomic E-state index is 10.9. The van der Waals surface area contributed by atoms with Crippen LogP contribution in [0.1, 0.15) is 17.9 Å². The molecule has 3 aromatic rings. The van der Waals surface area contributed by atoms with Gasteiger partial charge in [-0.25, -0.2) is 4.98 Å². The molecule has 2 N–H and O–H groups in total. The van der Waals surface area contributed by atoms with Gasteiger partial charge >= 0.3 is 0 Å². The highest BCUT2D eigenvalue weighted by Crippen LogP contribution is 2.23. The third-order valence-corrected chi connectivity index (χ3v) is 6.26. The van der Waals surface area contributed by atoms with Crippen molar-refractivity contribution in [1.82, 2.24) is 20.5 Å². The number of fused-ring (bicyclic) bond motifs is 1. The van der Waals surface area contributed by atoms with Crippen molar-refractivity contribution in [3.63, 3.8) is 0 Å². The normalized spacial score (nSPS) is 11.9. The lowest BCUT2D eigenvalue weighted by atomic mass is 10.3. The number of hydrogen-bond acceptors (Lipinski definition) is 10. The summed E-state index contributed by atoms with van der Waals surface area (Å²) in [6.07, 6.45) is 1.78. The molecule has 2 aromatic heterocycles. The van der Waals surface area contributed by atoms with Crippen LogP contribution >= 0.6 is 23.5 Å². The number of aromatic nitrogens is 1. The van der Waals surface area contributed by atoms with Gasteiger partial charge in [-0.15, -0.1) is 0 Å². The molecular weight excluding hydrogens is 462 g/mol. The average Bonchev–Trinajstić information content (AvgIpc) is 3.38. The van der Waals surface area contributed by atoms with Crippen molar-refractivity contribution < 1.29 is 13.8 Å². The Morgan fingerprint density at radius 2 is 1.91 bits per heavy atom. The van der Waals surface area contributed by atoms with E-state index in [-0.39, 0.29) is 0 Å². The predicted octanol–water partition coefficient (Wildman–Crippen LogP) is 4.15. The molecular formula is C22H29N5O4S2. The summed E-state index contributed by atoms with van der Waals surface area (Å²) < 4.78 is 11.5. The van der Waals surface area contributed by atoms with E-state index in [0.29, 0.717) is 24.1 Å². The van der Waals surface area contributed by atoms with Crippen molar-refractivity contribution in [2.24, 2.45) is 0 Å². The second kappa shape index (κ2) is 13.2. The van der Waals surface area contributed by atoms with Gasteiger partial charge in [0.2, 0.25) is 0 Å². The third kappa shape index (κ3) is 9.03. The lowest BCUT2D eigenvalue weighted by Crippen LogP contribution is -2.29. The molecule has 0 spiro atoms. The molecule has 0 atom stereocenters. The topological polar surface area (TPSA) is 110 Å². The Kier molecular flexibility index (Phi) is 9.98. The molecule has 1 aromatic carbocycles. The van der Waals surface area contributed by atoms with Crippen molar-refractivity contribution in [2.45, 2.75) is 23.9 Å². The molecule has 0 aliphatic heterocycles. The second-order valence-corrected chi connectivity index (χ2v) is 9.64. The van der Waals surface area contributed by atoms with Gasteiger partial charge in [-0.3, -0.25) is 10.1 Å². The van der Waals surface area contributed by atoms with E-state index in [1.54, 1.807) is 11.8 Å². The molecule has 0 aliphatic rings. The predicted molar refractivity (Wildman–Crippen MR) is 133 cm³/mol. The standard InChI is InChI=1S/C22H29N5O4S2/c1-26(2)14-17-8-9-18(30-17)16-32-13-11-24-21(15-27(28)29)23-10-5-12-33-22-25-19-6-3-4-7-20(19)31-22/h3-4,6-9,15,23-24H,5,10-14,16H2,1-2H3. The van der Waals surface area contributed by atoms with Crippen LogP contribution in [0, 0.1) is 10.1 Å². The molecule has 0 saturated heterocycles. The number of nitro groups is 1. The largest absolute Gasteiger partial charge is 0.464 e. The molecule has 178 valence electrons. The molecule has 0 unspecified atom stereocenters. The van der Waals surface area contributed by atoms with Gasteiger partial charge in [0.25, 0.3) is 11.4 Å². The van der Waals surface area contributed by atoms with Crippen LogP contribution in [0.4, 0.5) is 0 Å². The van der Waals surface area contributed by atoms with Crippen molar-refractivity contribution in [3.05, 3.63) is 70.1 Å². The first-order valence-corrected chi connectivity index (χ1v) is 12.7. The summed E-state index contributed by atoms with van der Waals surface area (Å²) >= 11 is 3.25. The van der Waals surface area contributed by atoms with Crippen molar-refractivity contribution >= 4 is 34.6 Å². The van der Waals surface area contributed by atoms with Crippen molar-refractivity contribution in [2.75, 3.05) is 38.7 Å². The molecule has 0 fully saturated rings. The monoisotopic (exact) mass is 491 g/mol. The lowest BCUT2D eigenvalue weighted by Gasteiger charge is -2.11. The zero-order valence-electron chi connectivity index (χ0n) is 18.8. The first-order chi connectivity index (χ1) is 16.0. The molecule has 3 rings (SSSR count). The van der Waals surface area contributed by atoms with Crippen LogP contribution in [0.5, 0.6) is 0 Å². The van der Waals surface area contributed by atoms with Crippen LogP contribution in [0.3, 0.4) is 0 Å². The number of para-hydroxylation sites is 2. The van der Waals surface area contributed by atoms with Crippen LogP contribution in [0.15, 0.2) is 62.5 Å². The van der Waals surface area contributed by atoms with E-state index in [2.05, 4.69) is 20.5 Å². The quantitative estimate of drug-likeness (QED) is 0.139. The van der Waals surface area contributed by atoms with E-state index in [9.17, 15) is 10.1 Å². The highest BCUT2D eigenvalue weighted by Gasteiger charge is 2.07. The highest BCUT2D eigenvalue weighted by molar-refractivity contribution is 7.99. The van der Waals surface area contributed by atoms with Gasteiger partial charge in [0.1, 0.15) is 17.0 Å². The molecule has 2 heterocycles. The zero-order valence-corrected chi connectivity index (χ0v) is 20.4. The Labute approximate surface area is 201 Å². The minimum atomic E-state index is -0.454. The molecule has 11 heteroatoms. The summed E-state index contributed by atoms with van der Waals surface area (Å²) in [7, 11) is 4.01. The number of hydrogen-bond donors (Lipinski definition) is 2. The summed E-state index contributed by atoms with van der Waals surface area (Å²) in [5, 5.41) is 17.8. The molecule has 9 nitrogen and oxygen atoms in total. The van der Waals surface area contributed by atoms with Gasteiger partial charge in [0, 0.05) is 24.6 Å². The Morgan fingerprint density at radius 3 is 2.70 bits per heavy atom. The van der Waals surface area contributed by atoms with Crippen LogP contribution in [0.25, 0.3) is 11.1 Å². The average molecular weight is 492 g/mol. The van der Waals surface area contributed by atoms with Gasteiger partial charge in [-0.1, -0.05) is 23.9 Å². The van der Waals surface area contributed by atoms with E-state index in [1.807, 2.05) is 50.5 Å². The zero-order chi connectivity index (χ0) is 23.5. The van der Waals surface area contributed by atoms with Gasteiger partial charge in [-0.05, 0) is 44.8 Å². The number of thioether (sulfide) groups is 2. The van der Waals surface area contributed by atoms with Crippen molar-refractivity contribution in [1.29, 1.82) is 0 Å². The SMILES string of the molecule is CN(C)Cc1ccc(CSCCNC(=C[N+](=O)[O-])NCCCSc2nc3ccccc3o2)o1. The number of benzene rings is 1. The maximum Gasteiger partial charge on any atom is 0.274 e. The van der Waals surface area contributed by atoms with Gasteiger partial charge < -0.3 is 24.4 Å². The molecule has 33 heavy (non-hydrogen) atoms. The summed E-state index contributed by atoms with van der Waals surface area (Å²) in [4.78, 5) is 17.0. The maximum atomic E-state index is 10.9. The summed E-state index contributed by atoms with van der Waals surface area (Å²) in [6, 6.07) is 11.6. The first-order valence-electron chi connectivity index (χ1n) is 10.6. The van der Waals surface area contributed by atoms with Crippen LogP contribution in [-0.2, 0) is 12.3 Å². The van der Waals surface area contributed by atoms with Crippen LogP contribution in [0.2, 0.25) is 0 Å². The third-order valence-electron chi connectivity index (χ3n) is 4.37. The summed E-state index contributed by atoms with van der Waals surface area (Å²) in [5.74, 6) is 4.66. The summed E-state index contributed by atoms with van der Waals surface area (Å²) in [6.45, 7) is 1.99. The van der Waals surface area contributed by atoms with Crippen molar-refractivity contribution in [3.8, 4) is 0 Å². The van der Waals surface area contributed by atoms with E-state index in [0.717, 1.165) is 59.0 Å². The molecule has 0 aliphatic carbocycles. The minimum Gasteiger partial charge on any atom is -0.464 e. The van der Waals surface area contributed by atoms with Gasteiger partial charge in [-0.2, -0.15) is 11.8 Å². The Bertz CT molecular complexity index is 1020. The van der Waals surface area contributed by atoms with Crippen LogP contribution < -0.4 is 10.6 Å². The molecule has 0 amide bonds. The Balaban J connectivity index is 1.31. The minimum absolute atomic E-state index is 0.415. The van der Waals surface area contributed by atoms with E-state index in [1.165, 1.54) is 11.8 Å². The fourth-order valence-electron chi connectivity index (χ4n) is 2.95. The van der Waals surface area contributed by atoms with E-state index >= 15 is 0 Å². The molecule has 0 saturated carbocycles. The molecule has 0 radical (unpaired) electrons. The fourth-order valence-corrected chi connectivity index (χ4v) is 4.48. The fraction of sp³-hybridized carbons (Fsp3) is 0.409. The Hall–Kier alpha value is -2.63. The van der Waals surface area contributed by atoms with Crippen LogP contribution in [-0.4, -0.2) is 53.5 Å². The number of furan rings is 1. The Morgan fingerprint density at radius 1 is 1.12 bits per heavy atom. The number of rotatable bonds is 15. The number of oxazole rings is 1. The van der Waals surface area contributed by atoms with Gasteiger partial charge in [0.15, 0.2) is 11.4 Å². The molecule has 0 bridgehead atoms. The number of nitrogens with one attached hydrogen (secondary N) is 2. The number of nitrogens with zero attached hydrogens (tertiary/aromatic N) is 3. The van der Waals surface area contributed by atoms with E-state index < -0.39 is 4.92 Å². The summed E-state index contributed by atoms with van der Waals surface area (Å²) in [5.41, 5.74) is 1.62. The first kappa shape index (κ1) is 25.0.